The average molecular weight is 334 g/mol. The first-order chi connectivity index (χ1) is 9.78. The highest BCUT2D eigenvalue weighted by Crippen LogP contribution is 2.28. The molecule has 2 heterocycles. The Hall–Kier alpha value is -1.46. The second-order valence-corrected chi connectivity index (χ2v) is 5.75. The maximum absolute atomic E-state index is 5.73. The lowest BCUT2D eigenvalue weighted by atomic mass is 10.2. The average Bonchev–Trinajstić information content (AvgIpc) is 2.93. The van der Waals surface area contributed by atoms with Crippen molar-refractivity contribution >= 4 is 32.7 Å². The van der Waals surface area contributed by atoms with E-state index in [9.17, 15) is 0 Å². The zero-order chi connectivity index (χ0) is 13.9. The molecule has 1 saturated heterocycles. The van der Waals surface area contributed by atoms with Crippen LogP contribution in [0.15, 0.2) is 41.7 Å². The van der Waals surface area contributed by atoms with Gasteiger partial charge in [0, 0.05) is 22.9 Å². The standard InChI is InChI=1S/C15H16BrN3O/c1-2-7-20-12-5-6-19(9-12)15-13-8-11(16)3-4-14(13)17-10-18-15/h2-4,8,10,12H,1,5-7,9H2. The number of hydrogen-bond donors (Lipinski definition) is 0. The number of aromatic nitrogens is 2. The molecule has 1 atom stereocenters. The number of nitrogens with zero attached hydrogens (tertiary/aromatic N) is 3. The Balaban J connectivity index is 1.87. The summed E-state index contributed by atoms with van der Waals surface area (Å²) in [5.41, 5.74) is 0.966. The Morgan fingerprint density at radius 3 is 3.20 bits per heavy atom. The highest BCUT2D eigenvalue weighted by molar-refractivity contribution is 9.10. The summed E-state index contributed by atoms with van der Waals surface area (Å²) in [5, 5.41) is 1.08. The first kappa shape index (κ1) is 13.5. The SMILES string of the molecule is C=CCOC1CCN(c2ncnc3ccc(Br)cc23)C1. The lowest BCUT2D eigenvalue weighted by molar-refractivity contribution is 0.0909. The molecule has 1 aliphatic rings. The van der Waals surface area contributed by atoms with Crippen LogP contribution in [-0.2, 0) is 4.74 Å². The Morgan fingerprint density at radius 1 is 1.45 bits per heavy atom. The lowest BCUT2D eigenvalue weighted by Crippen LogP contribution is -2.24. The Kier molecular flexibility index (Phi) is 3.98. The van der Waals surface area contributed by atoms with Gasteiger partial charge in [0.15, 0.2) is 0 Å². The first-order valence-corrected chi connectivity index (χ1v) is 7.45. The zero-order valence-corrected chi connectivity index (χ0v) is 12.7. The van der Waals surface area contributed by atoms with E-state index in [0.29, 0.717) is 6.61 Å². The van der Waals surface area contributed by atoms with Crippen molar-refractivity contribution in [3.05, 3.63) is 41.7 Å². The first-order valence-electron chi connectivity index (χ1n) is 6.65. The molecule has 4 nitrogen and oxygen atoms in total. The summed E-state index contributed by atoms with van der Waals surface area (Å²) in [6.45, 7) is 6.12. The van der Waals surface area contributed by atoms with Gasteiger partial charge in [-0.15, -0.1) is 6.58 Å². The lowest BCUT2D eigenvalue weighted by Gasteiger charge is -2.19. The number of anilines is 1. The van der Waals surface area contributed by atoms with Gasteiger partial charge in [-0.2, -0.15) is 0 Å². The minimum atomic E-state index is 0.255. The molecule has 0 N–H and O–H groups in total. The maximum atomic E-state index is 5.73. The molecule has 1 aliphatic heterocycles. The van der Waals surface area contributed by atoms with Crippen LogP contribution in [-0.4, -0.2) is 35.8 Å². The quantitative estimate of drug-likeness (QED) is 0.805. The van der Waals surface area contributed by atoms with Gasteiger partial charge in [0.05, 0.1) is 18.2 Å². The number of fused-ring (bicyclic) bond motifs is 1. The summed E-state index contributed by atoms with van der Waals surface area (Å²) in [5.74, 6) is 0.987. The largest absolute Gasteiger partial charge is 0.372 e. The summed E-state index contributed by atoms with van der Waals surface area (Å²) in [6, 6.07) is 6.08. The molecule has 20 heavy (non-hydrogen) atoms. The third-order valence-corrected chi connectivity index (χ3v) is 3.96. The van der Waals surface area contributed by atoms with Gasteiger partial charge in [-0.25, -0.2) is 9.97 Å². The van der Waals surface area contributed by atoms with Gasteiger partial charge >= 0.3 is 0 Å². The van der Waals surface area contributed by atoms with E-state index in [0.717, 1.165) is 40.7 Å². The number of rotatable bonds is 4. The Morgan fingerprint density at radius 2 is 2.35 bits per heavy atom. The van der Waals surface area contributed by atoms with Crippen LogP contribution in [0.2, 0.25) is 0 Å². The minimum Gasteiger partial charge on any atom is -0.372 e. The number of benzene rings is 1. The molecule has 1 aromatic heterocycles. The van der Waals surface area contributed by atoms with E-state index in [4.69, 9.17) is 4.74 Å². The Bertz CT molecular complexity index is 632. The molecule has 0 aliphatic carbocycles. The third-order valence-electron chi connectivity index (χ3n) is 3.47. The van der Waals surface area contributed by atoms with E-state index in [1.54, 1.807) is 12.4 Å². The van der Waals surface area contributed by atoms with Crippen molar-refractivity contribution in [2.45, 2.75) is 12.5 Å². The van der Waals surface area contributed by atoms with Crippen LogP contribution >= 0.6 is 15.9 Å². The van der Waals surface area contributed by atoms with E-state index < -0.39 is 0 Å². The van der Waals surface area contributed by atoms with E-state index in [-0.39, 0.29) is 6.10 Å². The predicted octanol–water partition coefficient (Wildman–Crippen LogP) is 3.17. The minimum absolute atomic E-state index is 0.255. The predicted molar refractivity (Wildman–Crippen MR) is 84.0 cm³/mol. The zero-order valence-electron chi connectivity index (χ0n) is 11.1. The van der Waals surface area contributed by atoms with Crippen LogP contribution in [0.25, 0.3) is 10.9 Å². The van der Waals surface area contributed by atoms with Crippen LogP contribution in [0.5, 0.6) is 0 Å². The van der Waals surface area contributed by atoms with Crippen LogP contribution in [0, 0.1) is 0 Å². The molecule has 1 unspecified atom stereocenters. The monoisotopic (exact) mass is 333 g/mol. The molecule has 0 radical (unpaired) electrons. The maximum Gasteiger partial charge on any atom is 0.140 e. The van der Waals surface area contributed by atoms with Crippen molar-refractivity contribution in [3.63, 3.8) is 0 Å². The number of hydrogen-bond acceptors (Lipinski definition) is 4. The molecule has 0 bridgehead atoms. The molecule has 1 fully saturated rings. The molecule has 2 aromatic rings. The van der Waals surface area contributed by atoms with Crippen molar-refractivity contribution in [2.75, 3.05) is 24.6 Å². The molecular formula is C15H16BrN3O. The van der Waals surface area contributed by atoms with Gasteiger partial charge in [-0.05, 0) is 24.6 Å². The van der Waals surface area contributed by atoms with Crippen molar-refractivity contribution in [2.24, 2.45) is 0 Å². The topological polar surface area (TPSA) is 38.2 Å². The summed E-state index contributed by atoms with van der Waals surface area (Å²) >= 11 is 3.51. The molecule has 0 saturated carbocycles. The fourth-order valence-corrected chi connectivity index (χ4v) is 2.89. The molecule has 0 amide bonds. The fraction of sp³-hybridized carbons (Fsp3) is 0.333. The second kappa shape index (κ2) is 5.89. The summed E-state index contributed by atoms with van der Waals surface area (Å²) in [7, 11) is 0. The van der Waals surface area contributed by atoms with Gasteiger partial charge in [-0.1, -0.05) is 22.0 Å². The van der Waals surface area contributed by atoms with E-state index in [1.165, 1.54) is 0 Å². The van der Waals surface area contributed by atoms with E-state index in [1.807, 2.05) is 12.1 Å². The van der Waals surface area contributed by atoms with Crippen LogP contribution < -0.4 is 4.90 Å². The molecule has 3 rings (SSSR count). The fourth-order valence-electron chi connectivity index (χ4n) is 2.53. The highest BCUT2D eigenvalue weighted by Gasteiger charge is 2.25. The van der Waals surface area contributed by atoms with Gasteiger partial charge in [-0.3, -0.25) is 0 Å². The summed E-state index contributed by atoms with van der Waals surface area (Å²) in [4.78, 5) is 11.1. The second-order valence-electron chi connectivity index (χ2n) is 4.84. The molecular weight excluding hydrogens is 318 g/mol. The molecule has 0 spiro atoms. The van der Waals surface area contributed by atoms with Crippen molar-refractivity contribution in [1.82, 2.24) is 9.97 Å². The highest BCUT2D eigenvalue weighted by atomic mass is 79.9. The van der Waals surface area contributed by atoms with Crippen molar-refractivity contribution in [1.29, 1.82) is 0 Å². The van der Waals surface area contributed by atoms with Gasteiger partial charge in [0.2, 0.25) is 0 Å². The van der Waals surface area contributed by atoms with E-state index in [2.05, 4.69) is 43.4 Å². The third kappa shape index (κ3) is 2.69. The van der Waals surface area contributed by atoms with Gasteiger partial charge in [0.1, 0.15) is 12.1 Å². The normalized spacial score (nSPS) is 18.6. The van der Waals surface area contributed by atoms with Crippen LogP contribution in [0.3, 0.4) is 0 Å². The summed E-state index contributed by atoms with van der Waals surface area (Å²) < 4.78 is 6.77. The molecule has 1 aromatic carbocycles. The van der Waals surface area contributed by atoms with Crippen molar-refractivity contribution < 1.29 is 4.74 Å². The van der Waals surface area contributed by atoms with Crippen LogP contribution in [0.4, 0.5) is 5.82 Å². The van der Waals surface area contributed by atoms with Gasteiger partial charge < -0.3 is 9.64 Å². The molecule has 5 heteroatoms. The molecule has 104 valence electrons. The summed E-state index contributed by atoms with van der Waals surface area (Å²) in [6.07, 6.45) is 4.70. The number of ether oxygens (including phenoxy) is 1. The number of halogens is 1. The Labute approximate surface area is 126 Å². The van der Waals surface area contributed by atoms with Crippen molar-refractivity contribution in [3.8, 4) is 0 Å². The van der Waals surface area contributed by atoms with Gasteiger partial charge in [0.25, 0.3) is 0 Å². The van der Waals surface area contributed by atoms with E-state index >= 15 is 0 Å². The smallest absolute Gasteiger partial charge is 0.140 e. The van der Waals surface area contributed by atoms with Crippen LogP contribution in [0.1, 0.15) is 6.42 Å².